The number of nitrogens with zero attached hydrogens (tertiary/aromatic N) is 2. The number of likely N-dealkylation sites (tertiary alicyclic amines) is 2. The molecule has 1 N–H and O–H groups in total. The number of carbonyl (C=O) groups excluding carboxylic acids is 4. The summed E-state index contributed by atoms with van der Waals surface area (Å²) in [4.78, 5) is 51.9. The van der Waals surface area contributed by atoms with Crippen molar-refractivity contribution in [2.24, 2.45) is 0 Å². The lowest BCUT2D eigenvalue weighted by atomic mass is 10.1. The molecule has 0 radical (unpaired) electrons. The molecule has 2 saturated heterocycles. The van der Waals surface area contributed by atoms with Gasteiger partial charge in [0.1, 0.15) is 10.9 Å². The number of unbranched alkanes of at least 4 members (excludes halogenated alkanes) is 2. The molecule has 4 atom stereocenters. The van der Waals surface area contributed by atoms with Gasteiger partial charge in [-0.05, 0) is 71.4 Å². The van der Waals surface area contributed by atoms with Crippen molar-refractivity contribution in [1.82, 2.24) is 9.80 Å². The predicted octanol–water partition coefficient (Wildman–Crippen LogP) is 6.01. The van der Waals surface area contributed by atoms with Crippen molar-refractivity contribution in [2.45, 2.75) is 122 Å². The van der Waals surface area contributed by atoms with Gasteiger partial charge >= 0.3 is 11.9 Å². The quantitative estimate of drug-likeness (QED) is 0.192. The van der Waals surface area contributed by atoms with Crippen LogP contribution >= 0.6 is 15.9 Å². The van der Waals surface area contributed by atoms with E-state index < -0.39 is 18.2 Å². The highest BCUT2D eigenvalue weighted by Gasteiger charge is 2.29. The van der Waals surface area contributed by atoms with Gasteiger partial charge in [-0.1, -0.05) is 73.2 Å². The van der Waals surface area contributed by atoms with E-state index in [1.54, 1.807) is 23.6 Å². The number of hydrogen-bond donors (Lipinski definition) is 1. The molecule has 3 rings (SSSR count). The van der Waals surface area contributed by atoms with Crippen LogP contribution in [0.1, 0.15) is 97.5 Å². The number of carbonyl (C=O) groups is 4. The van der Waals surface area contributed by atoms with Gasteiger partial charge in [0.25, 0.3) is 11.8 Å². The van der Waals surface area contributed by atoms with E-state index in [1.165, 1.54) is 5.56 Å². The molecule has 43 heavy (non-hydrogen) atoms. The summed E-state index contributed by atoms with van der Waals surface area (Å²) in [7, 11) is 0. The number of nitrogens with one attached hydrogen (secondary N) is 1. The molecular formula is C33H52BrN3O6. The highest BCUT2D eigenvalue weighted by Crippen LogP contribution is 2.17. The normalized spacial score (nSPS) is 17.3. The second kappa shape index (κ2) is 19.6. The molecule has 10 heteroatoms. The molecule has 0 bridgehead atoms. The van der Waals surface area contributed by atoms with Crippen LogP contribution in [0.3, 0.4) is 0 Å². The van der Waals surface area contributed by atoms with E-state index in [2.05, 4.69) is 35.1 Å². The van der Waals surface area contributed by atoms with E-state index in [1.807, 2.05) is 31.2 Å². The van der Waals surface area contributed by atoms with Crippen LogP contribution in [0, 0.1) is 6.92 Å². The molecule has 2 aliphatic rings. The van der Waals surface area contributed by atoms with Gasteiger partial charge in [-0.15, -0.1) is 0 Å². The summed E-state index contributed by atoms with van der Waals surface area (Å²) in [6.45, 7) is 12.6. The van der Waals surface area contributed by atoms with Crippen LogP contribution in [-0.4, -0.2) is 82.8 Å². The van der Waals surface area contributed by atoms with E-state index in [0.29, 0.717) is 6.42 Å². The third-order valence-corrected chi connectivity index (χ3v) is 8.54. The summed E-state index contributed by atoms with van der Waals surface area (Å²) >= 11 is 3.31. The predicted molar refractivity (Wildman–Crippen MR) is 173 cm³/mol. The van der Waals surface area contributed by atoms with Crippen LogP contribution in [0.2, 0.25) is 0 Å². The largest absolute Gasteiger partial charge is 0.452 e. The second-order valence-electron chi connectivity index (χ2n) is 11.5. The fourth-order valence-electron chi connectivity index (χ4n) is 5.00. The first-order valence-corrected chi connectivity index (χ1v) is 16.9. The van der Waals surface area contributed by atoms with Crippen molar-refractivity contribution in [3.63, 3.8) is 0 Å². The van der Waals surface area contributed by atoms with Crippen molar-refractivity contribution in [2.75, 3.05) is 31.5 Å². The molecule has 242 valence electrons. The van der Waals surface area contributed by atoms with E-state index in [9.17, 15) is 19.2 Å². The third kappa shape index (κ3) is 12.9. The van der Waals surface area contributed by atoms with Crippen molar-refractivity contribution in [1.29, 1.82) is 0 Å². The summed E-state index contributed by atoms with van der Waals surface area (Å²) < 4.78 is 10.7. The molecule has 2 heterocycles. The lowest BCUT2D eigenvalue weighted by Gasteiger charge is -2.24. The molecular weight excluding hydrogens is 614 g/mol. The number of esters is 2. The second-order valence-corrected chi connectivity index (χ2v) is 12.6. The minimum atomic E-state index is -0.727. The Labute approximate surface area is 266 Å². The SMILES string of the molecule is CCCCC(Br)C(=O)O[C@@H](C)C(=O)N1CCCC1.CCCC[C@@H](Nc1ccc(C)cc1)C(=O)O[C@@H](C)C(=O)N1CCCC1. The van der Waals surface area contributed by atoms with Gasteiger partial charge in [0.05, 0.1) is 0 Å². The van der Waals surface area contributed by atoms with Crippen molar-refractivity contribution >= 4 is 45.4 Å². The number of amides is 2. The van der Waals surface area contributed by atoms with Crippen molar-refractivity contribution in [3.05, 3.63) is 29.8 Å². The third-order valence-electron chi connectivity index (χ3n) is 7.71. The van der Waals surface area contributed by atoms with Crippen LogP contribution in [0.4, 0.5) is 5.69 Å². The summed E-state index contributed by atoms with van der Waals surface area (Å²) in [6, 6.07) is 7.49. The maximum Gasteiger partial charge on any atom is 0.329 e. The number of aryl methyl sites for hydroxylation is 1. The molecule has 2 amide bonds. The van der Waals surface area contributed by atoms with Crippen LogP contribution in [0.25, 0.3) is 0 Å². The van der Waals surface area contributed by atoms with Gasteiger partial charge in [-0.25, -0.2) is 4.79 Å². The molecule has 1 unspecified atom stereocenters. The molecule has 0 saturated carbocycles. The summed E-state index contributed by atoms with van der Waals surface area (Å²) in [5.74, 6) is -0.843. The van der Waals surface area contributed by atoms with E-state index in [-0.39, 0.29) is 28.6 Å². The number of hydrogen-bond acceptors (Lipinski definition) is 7. The number of anilines is 1. The minimum absolute atomic E-state index is 0.0731. The minimum Gasteiger partial charge on any atom is -0.452 e. The lowest BCUT2D eigenvalue weighted by molar-refractivity contribution is -0.159. The molecule has 2 fully saturated rings. The summed E-state index contributed by atoms with van der Waals surface area (Å²) in [5.41, 5.74) is 2.06. The van der Waals surface area contributed by atoms with E-state index >= 15 is 0 Å². The van der Waals surface area contributed by atoms with Crippen molar-refractivity contribution in [3.8, 4) is 0 Å². The monoisotopic (exact) mass is 665 g/mol. The standard InChI is InChI=1S/C20H30N2O3.C13H22BrNO3/c1-4-5-8-18(21-17-11-9-15(2)10-12-17)20(24)25-16(3)19(23)22-13-6-7-14-22;1-3-4-7-11(14)13(17)18-10(2)12(16)15-8-5-6-9-15/h9-12,16,18,21H,4-8,13-14H2,1-3H3;10-11H,3-9H2,1-2H3/t16-,18+;10-,11?/m00/s1. The Morgan fingerprint density at radius 1 is 0.767 bits per heavy atom. The molecule has 0 aromatic heterocycles. The fraction of sp³-hybridized carbons (Fsp3) is 0.697. The Kier molecular flexibility index (Phi) is 16.7. The number of alkyl halides is 1. The average molecular weight is 667 g/mol. The van der Waals surface area contributed by atoms with Gasteiger partial charge in [0.15, 0.2) is 12.2 Å². The molecule has 9 nitrogen and oxygen atoms in total. The van der Waals surface area contributed by atoms with Gasteiger partial charge in [0, 0.05) is 31.9 Å². The van der Waals surface area contributed by atoms with E-state index in [4.69, 9.17) is 9.47 Å². The smallest absolute Gasteiger partial charge is 0.329 e. The number of ether oxygens (including phenoxy) is 2. The Morgan fingerprint density at radius 3 is 1.67 bits per heavy atom. The van der Waals surface area contributed by atoms with Crippen molar-refractivity contribution < 1.29 is 28.7 Å². The first-order valence-electron chi connectivity index (χ1n) is 16.0. The summed E-state index contributed by atoms with van der Waals surface area (Å²) in [6.07, 6.45) is 8.13. The van der Waals surface area contributed by atoms with Crippen LogP contribution in [0.15, 0.2) is 24.3 Å². The summed E-state index contributed by atoms with van der Waals surface area (Å²) in [5, 5.41) is 3.26. The van der Waals surface area contributed by atoms with Gasteiger partial charge < -0.3 is 24.6 Å². The van der Waals surface area contributed by atoms with Gasteiger partial charge in [0.2, 0.25) is 0 Å². The maximum atomic E-state index is 12.6. The molecule has 0 spiro atoms. The first kappa shape index (κ1) is 36.6. The zero-order valence-electron chi connectivity index (χ0n) is 26.7. The lowest BCUT2D eigenvalue weighted by Crippen LogP contribution is -2.41. The first-order chi connectivity index (χ1) is 20.6. The Hall–Kier alpha value is -2.62. The zero-order valence-corrected chi connectivity index (χ0v) is 28.3. The Morgan fingerprint density at radius 2 is 1.21 bits per heavy atom. The van der Waals surface area contributed by atoms with Crippen LogP contribution < -0.4 is 5.32 Å². The zero-order chi connectivity index (χ0) is 31.8. The maximum absolute atomic E-state index is 12.6. The number of rotatable bonds is 14. The number of benzene rings is 1. The number of halogens is 1. The highest BCUT2D eigenvalue weighted by atomic mass is 79.9. The van der Waals surface area contributed by atoms with Crippen LogP contribution in [0.5, 0.6) is 0 Å². The van der Waals surface area contributed by atoms with E-state index in [0.717, 1.165) is 89.7 Å². The van der Waals surface area contributed by atoms with Crippen LogP contribution in [-0.2, 0) is 28.7 Å². The van der Waals surface area contributed by atoms with Gasteiger partial charge in [-0.2, -0.15) is 0 Å². The molecule has 0 aliphatic carbocycles. The molecule has 1 aromatic rings. The van der Waals surface area contributed by atoms with Gasteiger partial charge in [-0.3, -0.25) is 14.4 Å². The highest BCUT2D eigenvalue weighted by molar-refractivity contribution is 9.10. The molecule has 2 aliphatic heterocycles. The average Bonchev–Trinajstić information content (AvgIpc) is 3.74. The fourth-order valence-corrected chi connectivity index (χ4v) is 5.44. The Bertz CT molecular complexity index is 1010. The molecule has 1 aromatic carbocycles. The topological polar surface area (TPSA) is 105 Å². The Balaban J connectivity index is 0.000000317.